The van der Waals surface area contributed by atoms with Crippen LogP contribution in [0.15, 0.2) is 67.0 Å². The Morgan fingerprint density at radius 2 is 1.94 bits per heavy atom. The summed E-state index contributed by atoms with van der Waals surface area (Å²) in [6.07, 6.45) is 2.99. The third-order valence-corrected chi connectivity index (χ3v) is 6.20. The number of aromatic amines is 1. The van der Waals surface area contributed by atoms with Crippen LogP contribution >= 0.6 is 11.3 Å². The van der Waals surface area contributed by atoms with E-state index in [1.165, 1.54) is 7.11 Å². The molecule has 0 saturated carbocycles. The maximum absolute atomic E-state index is 11.4. The first-order valence-electron chi connectivity index (χ1n) is 9.77. The number of nitrogens with one attached hydrogen (secondary N) is 3. The number of carbonyl (C=O) groups is 1. The monoisotopic (exact) mass is 439 g/mol. The lowest BCUT2D eigenvalue weighted by molar-refractivity contribution is 0.187. The molecule has 0 radical (unpaired) electrons. The molecule has 0 aliphatic rings. The summed E-state index contributed by atoms with van der Waals surface area (Å²) in [7, 11) is 1.32. The van der Waals surface area contributed by atoms with Gasteiger partial charge in [0.05, 0.1) is 18.4 Å². The zero-order chi connectivity index (χ0) is 22.1. The number of pyridine rings is 1. The number of carbonyl (C=O) groups excluding carboxylic acids is 1. The highest BCUT2D eigenvalue weighted by atomic mass is 32.1. The van der Waals surface area contributed by atoms with E-state index in [4.69, 9.17) is 0 Å². The lowest BCUT2D eigenvalue weighted by Gasteiger charge is -2.09. The van der Waals surface area contributed by atoms with Gasteiger partial charge in [-0.2, -0.15) is 5.26 Å². The number of thiophene rings is 1. The third kappa shape index (κ3) is 3.62. The Hall–Kier alpha value is -4.35. The van der Waals surface area contributed by atoms with E-state index in [0.717, 1.165) is 42.9 Å². The molecule has 32 heavy (non-hydrogen) atoms. The topological polar surface area (TPSA) is 103 Å². The van der Waals surface area contributed by atoms with Gasteiger partial charge in [0.1, 0.15) is 10.9 Å². The number of ether oxygens (including phenoxy) is 1. The van der Waals surface area contributed by atoms with Gasteiger partial charge in [0.15, 0.2) is 0 Å². The first kappa shape index (κ1) is 19.6. The van der Waals surface area contributed by atoms with E-state index in [1.807, 2.05) is 60.8 Å². The zero-order valence-corrected chi connectivity index (χ0v) is 17.8. The molecular weight excluding hydrogens is 422 g/mol. The van der Waals surface area contributed by atoms with E-state index in [1.54, 1.807) is 17.5 Å². The highest BCUT2D eigenvalue weighted by Crippen LogP contribution is 2.38. The second-order valence-corrected chi connectivity index (χ2v) is 8.12. The van der Waals surface area contributed by atoms with Crippen molar-refractivity contribution >= 4 is 55.6 Å². The normalized spacial score (nSPS) is 10.8. The van der Waals surface area contributed by atoms with Crippen LogP contribution < -0.4 is 10.6 Å². The van der Waals surface area contributed by atoms with Crippen molar-refractivity contribution in [1.29, 1.82) is 5.26 Å². The van der Waals surface area contributed by atoms with E-state index in [2.05, 4.69) is 31.4 Å². The zero-order valence-electron chi connectivity index (χ0n) is 17.0. The fraction of sp³-hybridized carbons (Fsp3) is 0.0417. The quantitative estimate of drug-likeness (QED) is 0.308. The van der Waals surface area contributed by atoms with Crippen molar-refractivity contribution in [3.8, 4) is 16.5 Å². The van der Waals surface area contributed by atoms with Crippen LogP contribution in [0, 0.1) is 11.3 Å². The van der Waals surface area contributed by atoms with Gasteiger partial charge < -0.3 is 15.0 Å². The average Bonchev–Trinajstić information content (AvgIpc) is 3.46. The van der Waals surface area contributed by atoms with Gasteiger partial charge in [-0.1, -0.05) is 12.1 Å². The Kier molecular flexibility index (Phi) is 4.94. The minimum atomic E-state index is -0.513. The molecule has 3 aromatic heterocycles. The molecule has 1 amide bonds. The number of benzene rings is 2. The summed E-state index contributed by atoms with van der Waals surface area (Å²) in [5.74, 6) is 0. The molecule has 0 bridgehead atoms. The molecule has 7 nitrogen and oxygen atoms in total. The van der Waals surface area contributed by atoms with Crippen LogP contribution in [0.5, 0.6) is 0 Å². The van der Waals surface area contributed by atoms with E-state index in [0.29, 0.717) is 11.3 Å². The Labute approximate surface area is 187 Å². The molecule has 3 heterocycles. The van der Waals surface area contributed by atoms with Gasteiger partial charge in [0, 0.05) is 44.9 Å². The van der Waals surface area contributed by atoms with Crippen LogP contribution in [0.4, 0.5) is 21.9 Å². The number of rotatable bonds is 4. The summed E-state index contributed by atoms with van der Waals surface area (Å²) < 4.78 is 4.62. The van der Waals surface area contributed by atoms with E-state index in [-0.39, 0.29) is 0 Å². The first-order valence-corrected chi connectivity index (χ1v) is 10.6. The van der Waals surface area contributed by atoms with E-state index < -0.39 is 6.09 Å². The summed E-state index contributed by atoms with van der Waals surface area (Å²) >= 11 is 1.54. The maximum atomic E-state index is 11.4. The van der Waals surface area contributed by atoms with Crippen molar-refractivity contribution in [2.45, 2.75) is 0 Å². The molecule has 2 aromatic carbocycles. The highest BCUT2D eigenvalue weighted by molar-refractivity contribution is 7.22. The van der Waals surface area contributed by atoms with Crippen molar-refractivity contribution in [2.24, 2.45) is 0 Å². The lowest BCUT2D eigenvalue weighted by Crippen LogP contribution is -2.10. The van der Waals surface area contributed by atoms with Gasteiger partial charge >= 0.3 is 6.09 Å². The summed E-state index contributed by atoms with van der Waals surface area (Å²) in [6.45, 7) is 0. The Morgan fingerprint density at radius 1 is 1.12 bits per heavy atom. The van der Waals surface area contributed by atoms with Crippen LogP contribution in [0.1, 0.15) is 5.56 Å². The fourth-order valence-corrected chi connectivity index (χ4v) is 4.53. The fourth-order valence-electron chi connectivity index (χ4n) is 3.51. The number of hydrogen-bond donors (Lipinski definition) is 3. The second kappa shape index (κ2) is 8.06. The number of anilines is 3. The highest BCUT2D eigenvalue weighted by Gasteiger charge is 2.14. The van der Waals surface area contributed by atoms with Gasteiger partial charge in [-0.3, -0.25) is 5.32 Å². The molecule has 5 rings (SSSR count). The van der Waals surface area contributed by atoms with Crippen LogP contribution in [0.3, 0.4) is 0 Å². The molecular formula is C24H17N5O2S. The average molecular weight is 440 g/mol. The minimum Gasteiger partial charge on any atom is -0.453 e. The Morgan fingerprint density at radius 3 is 2.72 bits per heavy atom. The predicted octanol–water partition coefficient (Wildman–Crippen LogP) is 6.24. The number of nitrogens with zero attached hydrogens (tertiary/aromatic N) is 2. The number of methoxy groups -OCH3 is 1. The summed E-state index contributed by atoms with van der Waals surface area (Å²) in [4.78, 5) is 20.9. The van der Waals surface area contributed by atoms with Crippen LogP contribution in [-0.4, -0.2) is 23.2 Å². The number of nitriles is 1. The third-order valence-electron chi connectivity index (χ3n) is 5.11. The van der Waals surface area contributed by atoms with Crippen molar-refractivity contribution in [1.82, 2.24) is 9.97 Å². The van der Waals surface area contributed by atoms with Gasteiger partial charge in [0.2, 0.25) is 0 Å². The standard InChI is InChI=1S/C24H17N5O2S/c1-31-24(30)29-17-4-2-14(3-5-17)21-11-19-22(16(12-25)13-27-23(19)32-21)28-18-6-7-20-15(10-18)8-9-26-20/h2-11,13,26H,1H3,(H,27,28)(H,29,30). The summed E-state index contributed by atoms with van der Waals surface area (Å²) in [6, 6.07) is 19.8. The summed E-state index contributed by atoms with van der Waals surface area (Å²) in [5.41, 5.74) is 4.80. The number of H-pyrrole nitrogens is 1. The molecule has 3 N–H and O–H groups in total. The predicted molar refractivity (Wildman–Crippen MR) is 127 cm³/mol. The molecule has 0 spiro atoms. The molecule has 0 fully saturated rings. The second-order valence-electron chi connectivity index (χ2n) is 7.09. The molecule has 0 saturated heterocycles. The van der Waals surface area contributed by atoms with Crippen molar-refractivity contribution in [3.05, 3.63) is 72.6 Å². The van der Waals surface area contributed by atoms with Crippen LogP contribution in [0.2, 0.25) is 0 Å². The molecule has 0 aliphatic carbocycles. The summed E-state index contributed by atoms with van der Waals surface area (Å²) in [5, 5.41) is 17.7. The SMILES string of the molecule is COC(=O)Nc1ccc(-c2cc3c(Nc4ccc5[nH]ccc5c4)c(C#N)cnc3s2)cc1. The molecule has 0 aliphatic heterocycles. The largest absolute Gasteiger partial charge is 0.453 e. The number of hydrogen-bond acceptors (Lipinski definition) is 6. The van der Waals surface area contributed by atoms with Gasteiger partial charge in [-0.15, -0.1) is 11.3 Å². The smallest absolute Gasteiger partial charge is 0.411 e. The number of amides is 1. The molecule has 0 unspecified atom stereocenters. The van der Waals surface area contributed by atoms with Crippen LogP contribution in [-0.2, 0) is 4.74 Å². The molecule has 0 atom stereocenters. The van der Waals surface area contributed by atoms with E-state index >= 15 is 0 Å². The Bertz CT molecular complexity index is 1490. The maximum Gasteiger partial charge on any atom is 0.411 e. The molecule has 156 valence electrons. The van der Waals surface area contributed by atoms with Gasteiger partial charge in [0.25, 0.3) is 0 Å². The van der Waals surface area contributed by atoms with Gasteiger partial charge in [-0.05, 0) is 48.0 Å². The number of aromatic nitrogens is 2. The van der Waals surface area contributed by atoms with Gasteiger partial charge in [-0.25, -0.2) is 9.78 Å². The van der Waals surface area contributed by atoms with Crippen molar-refractivity contribution < 1.29 is 9.53 Å². The first-order chi connectivity index (χ1) is 15.6. The minimum absolute atomic E-state index is 0.480. The lowest BCUT2D eigenvalue weighted by atomic mass is 10.1. The molecule has 5 aromatic rings. The number of fused-ring (bicyclic) bond motifs is 2. The molecule has 8 heteroatoms. The Balaban J connectivity index is 1.52. The van der Waals surface area contributed by atoms with Crippen LogP contribution in [0.25, 0.3) is 31.6 Å². The van der Waals surface area contributed by atoms with Crippen molar-refractivity contribution in [3.63, 3.8) is 0 Å². The van der Waals surface area contributed by atoms with Crippen molar-refractivity contribution in [2.75, 3.05) is 17.7 Å². The van der Waals surface area contributed by atoms with E-state index in [9.17, 15) is 10.1 Å².